The predicted molar refractivity (Wildman–Crippen MR) is 164 cm³/mol. The molecule has 0 aliphatic carbocycles. The van der Waals surface area contributed by atoms with Crippen LogP contribution >= 0.6 is 15.9 Å². The van der Waals surface area contributed by atoms with Crippen LogP contribution in [0.15, 0.2) is 55.6 Å². The number of anilines is 1. The van der Waals surface area contributed by atoms with E-state index in [0.717, 1.165) is 24.9 Å². The predicted octanol–water partition coefficient (Wildman–Crippen LogP) is 4.32. The highest BCUT2D eigenvalue weighted by atomic mass is 79.9. The molecular weight excluding hydrogens is 586 g/mol. The van der Waals surface area contributed by atoms with Crippen LogP contribution in [0.1, 0.15) is 52.4 Å². The second-order valence-corrected chi connectivity index (χ2v) is 12.6. The Labute approximate surface area is 252 Å². The molecule has 9 heteroatoms. The lowest BCUT2D eigenvalue weighted by atomic mass is 9.70. The van der Waals surface area contributed by atoms with Gasteiger partial charge in [-0.25, -0.2) is 0 Å². The number of amides is 3. The van der Waals surface area contributed by atoms with Crippen molar-refractivity contribution >= 4 is 39.3 Å². The van der Waals surface area contributed by atoms with E-state index in [1.807, 2.05) is 42.2 Å². The molecule has 1 aromatic carbocycles. The number of aliphatic hydroxyl groups is 1. The Balaban J connectivity index is 1.76. The van der Waals surface area contributed by atoms with Crippen LogP contribution in [0.3, 0.4) is 0 Å². The van der Waals surface area contributed by atoms with Gasteiger partial charge in [0.2, 0.25) is 17.7 Å². The summed E-state index contributed by atoms with van der Waals surface area (Å²) in [5.41, 5.74) is -0.378. The fourth-order valence-corrected chi connectivity index (χ4v) is 8.04. The summed E-state index contributed by atoms with van der Waals surface area (Å²) in [6.07, 6.45) is 7.10. The third-order valence-electron chi connectivity index (χ3n) is 8.86. The summed E-state index contributed by atoms with van der Waals surface area (Å²) in [5, 5.41) is 9.30. The number of ether oxygens (including phenoxy) is 1. The molecule has 3 aliphatic rings. The molecule has 3 heterocycles. The van der Waals surface area contributed by atoms with Crippen molar-refractivity contribution in [3.05, 3.63) is 55.6 Å². The molecular formula is C32H44BrN3O5. The van der Waals surface area contributed by atoms with Crippen molar-refractivity contribution in [2.24, 2.45) is 11.8 Å². The molecule has 3 aliphatic heterocycles. The van der Waals surface area contributed by atoms with E-state index >= 15 is 0 Å². The Kier molecular flexibility index (Phi) is 10.5. The van der Waals surface area contributed by atoms with Crippen LogP contribution in [0, 0.1) is 11.8 Å². The lowest BCUT2D eigenvalue weighted by molar-refractivity contribution is -0.149. The van der Waals surface area contributed by atoms with E-state index in [2.05, 4.69) is 36.0 Å². The minimum absolute atomic E-state index is 0.0377. The lowest BCUT2D eigenvalue weighted by Crippen LogP contribution is -2.58. The molecule has 1 N–H and O–H groups in total. The SMILES string of the molecule is C=CCN(C(=O)[C@H]1[C@H]2C(=O)N(CCCCCO)C(C(=O)N(CC=C)C(C)CCC)C23CC(Br)[C@@H]1O3)c1ccccc1. The van der Waals surface area contributed by atoms with Crippen LogP contribution in [0.2, 0.25) is 0 Å². The molecule has 41 heavy (non-hydrogen) atoms. The number of hydrogen-bond acceptors (Lipinski definition) is 5. The standard InChI is InChI=1S/C32H44BrN3O5/c1-5-14-22(4)34(17-6-2)31(40)28-32-21-24(33)27(41-32)25(26(32)30(39)36(28)19-12-9-13-20-37)29(38)35(18-7-3)23-15-10-8-11-16-23/h6-8,10-11,15-16,22,24-28,37H,2-3,5,9,12-14,17-21H2,1,4H3/t22?,24?,25-,26-,27-,28?,32?/m0/s1. The zero-order valence-corrected chi connectivity index (χ0v) is 25.9. The summed E-state index contributed by atoms with van der Waals surface area (Å²) in [7, 11) is 0. The first-order valence-electron chi connectivity index (χ1n) is 14.9. The molecule has 0 aromatic heterocycles. The highest BCUT2D eigenvalue weighted by Crippen LogP contribution is 2.60. The van der Waals surface area contributed by atoms with E-state index in [0.29, 0.717) is 38.9 Å². The molecule has 224 valence electrons. The first-order valence-corrected chi connectivity index (χ1v) is 15.8. The van der Waals surface area contributed by atoms with Crippen molar-refractivity contribution in [1.29, 1.82) is 0 Å². The van der Waals surface area contributed by atoms with Crippen molar-refractivity contribution in [3.63, 3.8) is 0 Å². The van der Waals surface area contributed by atoms with Gasteiger partial charge in [-0.15, -0.1) is 13.2 Å². The number of carbonyl (C=O) groups is 3. The van der Waals surface area contributed by atoms with E-state index in [9.17, 15) is 19.5 Å². The maximum absolute atomic E-state index is 14.5. The summed E-state index contributed by atoms with van der Waals surface area (Å²) in [5.74, 6) is -2.03. The third kappa shape index (κ3) is 5.77. The smallest absolute Gasteiger partial charge is 0.248 e. The minimum Gasteiger partial charge on any atom is -0.396 e. The van der Waals surface area contributed by atoms with E-state index in [4.69, 9.17) is 4.74 Å². The van der Waals surface area contributed by atoms with Crippen LogP contribution in [0.4, 0.5) is 5.69 Å². The van der Waals surface area contributed by atoms with E-state index in [1.165, 1.54) is 0 Å². The summed E-state index contributed by atoms with van der Waals surface area (Å²) in [6.45, 7) is 13.0. The van der Waals surface area contributed by atoms with E-state index in [-0.39, 0.29) is 35.2 Å². The number of fused-ring (bicyclic) bond motifs is 1. The zero-order valence-electron chi connectivity index (χ0n) is 24.3. The van der Waals surface area contributed by atoms with Gasteiger partial charge in [0.25, 0.3) is 0 Å². The van der Waals surface area contributed by atoms with Crippen molar-refractivity contribution in [3.8, 4) is 0 Å². The number of rotatable bonds is 15. The molecule has 3 amide bonds. The van der Waals surface area contributed by atoms with Crippen LogP contribution in [0.5, 0.6) is 0 Å². The maximum Gasteiger partial charge on any atom is 0.248 e. The highest BCUT2D eigenvalue weighted by Gasteiger charge is 2.76. The molecule has 0 radical (unpaired) electrons. The number of hydrogen-bond donors (Lipinski definition) is 1. The summed E-state index contributed by atoms with van der Waals surface area (Å²) < 4.78 is 6.73. The van der Waals surface area contributed by atoms with Crippen LogP contribution in [-0.2, 0) is 19.1 Å². The summed E-state index contributed by atoms with van der Waals surface area (Å²) in [6, 6.07) is 8.51. The van der Waals surface area contributed by atoms with Crippen LogP contribution < -0.4 is 4.90 Å². The molecule has 1 aromatic rings. The van der Waals surface area contributed by atoms with Crippen LogP contribution in [0.25, 0.3) is 0 Å². The molecule has 3 fully saturated rings. The topological polar surface area (TPSA) is 90.4 Å². The Bertz CT molecular complexity index is 1120. The quantitative estimate of drug-likeness (QED) is 0.177. The van der Waals surface area contributed by atoms with Gasteiger partial charge < -0.3 is 24.5 Å². The average Bonchev–Trinajstić information content (AvgIpc) is 3.56. The Hall–Kier alpha value is -2.49. The molecule has 2 bridgehead atoms. The summed E-state index contributed by atoms with van der Waals surface area (Å²) in [4.78, 5) is 48.2. The number of halogens is 1. The molecule has 1 spiro atoms. The Morgan fingerprint density at radius 3 is 2.51 bits per heavy atom. The zero-order chi connectivity index (χ0) is 29.7. The molecule has 8 nitrogen and oxygen atoms in total. The third-order valence-corrected chi connectivity index (χ3v) is 9.70. The number of unbranched alkanes of at least 4 members (excludes halogenated alkanes) is 2. The normalized spacial score (nSPS) is 28.8. The number of benzene rings is 1. The minimum atomic E-state index is -1.10. The molecule has 3 saturated heterocycles. The first kappa shape index (κ1) is 31.4. The largest absolute Gasteiger partial charge is 0.396 e. The van der Waals surface area contributed by atoms with Crippen LogP contribution in [-0.4, -0.2) is 87.5 Å². The number of para-hydroxylation sites is 1. The lowest BCUT2D eigenvalue weighted by Gasteiger charge is -2.39. The van der Waals surface area contributed by atoms with Crippen molar-refractivity contribution in [2.45, 2.75) is 81.0 Å². The maximum atomic E-state index is 14.5. The second-order valence-electron chi connectivity index (χ2n) is 11.5. The van der Waals surface area contributed by atoms with Gasteiger partial charge in [-0.3, -0.25) is 14.4 Å². The van der Waals surface area contributed by atoms with Gasteiger partial charge in [-0.2, -0.15) is 0 Å². The van der Waals surface area contributed by atoms with E-state index in [1.54, 1.807) is 22.0 Å². The van der Waals surface area contributed by atoms with Crippen molar-refractivity contribution in [2.75, 3.05) is 31.1 Å². The Morgan fingerprint density at radius 2 is 1.88 bits per heavy atom. The highest BCUT2D eigenvalue weighted by molar-refractivity contribution is 9.09. The number of likely N-dealkylation sites (tertiary alicyclic amines) is 1. The first-order chi connectivity index (χ1) is 19.8. The summed E-state index contributed by atoms with van der Waals surface area (Å²) >= 11 is 3.78. The van der Waals surface area contributed by atoms with E-state index < -0.39 is 29.6 Å². The number of carbonyl (C=O) groups excluding carboxylic acids is 3. The molecule has 7 atom stereocenters. The number of aliphatic hydroxyl groups excluding tert-OH is 1. The second kappa shape index (κ2) is 13.7. The fraction of sp³-hybridized carbons (Fsp3) is 0.594. The van der Waals surface area contributed by atoms with Gasteiger partial charge in [-0.1, -0.05) is 59.6 Å². The average molecular weight is 631 g/mol. The van der Waals surface area contributed by atoms with Gasteiger partial charge in [0, 0.05) is 42.8 Å². The number of nitrogens with zero attached hydrogens (tertiary/aromatic N) is 3. The van der Waals surface area contributed by atoms with Gasteiger partial charge in [0.1, 0.15) is 11.6 Å². The molecule has 4 unspecified atom stereocenters. The number of alkyl halides is 1. The van der Waals surface area contributed by atoms with Gasteiger partial charge in [-0.05, 0) is 51.2 Å². The molecule has 0 saturated carbocycles. The van der Waals surface area contributed by atoms with Gasteiger partial charge in [0.05, 0.1) is 17.9 Å². The monoisotopic (exact) mass is 629 g/mol. The Morgan fingerprint density at radius 1 is 1.17 bits per heavy atom. The van der Waals surface area contributed by atoms with Crippen molar-refractivity contribution < 1.29 is 24.2 Å². The van der Waals surface area contributed by atoms with Crippen molar-refractivity contribution in [1.82, 2.24) is 9.80 Å². The van der Waals surface area contributed by atoms with Gasteiger partial charge in [0.15, 0.2) is 0 Å². The fourth-order valence-electron chi connectivity index (χ4n) is 7.10. The van der Waals surface area contributed by atoms with Gasteiger partial charge >= 0.3 is 0 Å². The molecule has 4 rings (SSSR count).